The molecule has 0 spiro atoms. The summed E-state index contributed by atoms with van der Waals surface area (Å²) in [6.45, 7) is 3.87. The molecule has 2 heterocycles. The Bertz CT molecular complexity index is 703. The predicted molar refractivity (Wildman–Crippen MR) is 83.3 cm³/mol. The number of nitrogens with zero attached hydrogens (tertiary/aromatic N) is 2. The van der Waals surface area contributed by atoms with Crippen molar-refractivity contribution in [3.8, 4) is 0 Å². The Balaban J connectivity index is 1.53. The van der Waals surface area contributed by atoms with Gasteiger partial charge in [0.1, 0.15) is 5.82 Å². The third-order valence-corrected chi connectivity index (χ3v) is 3.80. The van der Waals surface area contributed by atoms with E-state index in [1.54, 1.807) is 0 Å². The van der Waals surface area contributed by atoms with Gasteiger partial charge < -0.3 is 14.0 Å². The molecule has 1 aliphatic heterocycles. The summed E-state index contributed by atoms with van der Waals surface area (Å²) in [5, 5.41) is 0. The summed E-state index contributed by atoms with van der Waals surface area (Å²) in [7, 11) is 0. The number of imidazole rings is 1. The minimum absolute atomic E-state index is 0.257. The van der Waals surface area contributed by atoms with E-state index in [9.17, 15) is 4.79 Å². The number of aryl methyl sites for hydroxylation is 2. The first-order valence-electron chi connectivity index (χ1n) is 7.65. The standard InChI is InChI=1S/C17H20N2O3/c1-13-18-15-7-2-3-8-16(15)19(13)9-5-11-22-17(20)14-6-4-10-21-12-14/h2-3,7-8,12H,4-6,9-11H2,1H3. The highest BCUT2D eigenvalue weighted by atomic mass is 16.5. The van der Waals surface area contributed by atoms with E-state index in [1.807, 2.05) is 25.1 Å². The van der Waals surface area contributed by atoms with Gasteiger partial charge in [-0.1, -0.05) is 12.1 Å². The first-order chi connectivity index (χ1) is 10.8. The van der Waals surface area contributed by atoms with E-state index in [-0.39, 0.29) is 5.97 Å². The Hall–Kier alpha value is -2.30. The summed E-state index contributed by atoms with van der Waals surface area (Å²) in [5.74, 6) is 0.725. The van der Waals surface area contributed by atoms with Crippen molar-refractivity contribution >= 4 is 17.0 Å². The molecule has 1 aromatic heterocycles. The maximum Gasteiger partial charge on any atom is 0.337 e. The number of fused-ring (bicyclic) bond motifs is 1. The molecule has 22 heavy (non-hydrogen) atoms. The van der Waals surface area contributed by atoms with Crippen LogP contribution in [-0.4, -0.2) is 28.7 Å². The van der Waals surface area contributed by atoms with Gasteiger partial charge in [0, 0.05) is 6.54 Å². The number of esters is 1. The van der Waals surface area contributed by atoms with Gasteiger partial charge in [-0.3, -0.25) is 0 Å². The van der Waals surface area contributed by atoms with Gasteiger partial charge in [0.05, 0.1) is 36.1 Å². The summed E-state index contributed by atoms with van der Waals surface area (Å²) < 4.78 is 12.6. The molecule has 0 saturated carbocycles. The maximum atomic E-state index is 11.8. The Labute approximate surface area is 129 Å². The van der Waals surface area contributed by atoms with E-state index in [1.165, 1.54) is 6.26 Å². The van der Waals surface area contributed by atoms with Crippen LogP contribution < -0.4 is 0 Å². The number of carbonyl (C=O) groups is 1. The molecule has 5 heteroatoms. The van der Waals surface area contributed by atoms with Gasteiger partial charge in [0.25, 0.3) is 0 Å². The van der Waals surface area contributed by atoms with Gasteiger partial charge in [-0.2, -0.15) is 0 Å². The minimum atomic E-state index is -0.257. The zero-order chi connectivity index (χ0) is 15.4. The first kappa shape index (κ1) is 14.6. The Morgan fingerprint density at radius 1 is 1.41 bits per heavy atom. The van der Waals surface area contributed by atoms with Gasteiger partial charge in [-0.15, -0.1) is 0 Å². The molecule has 116 valence electrons. The van der Waals surface area contributed by atoms with E-state index >= 15 is 0 Å². The molecule has 0 fully saturated rings. The summed E-state index contributed by atoms with van der Waals surface area (Å²) in [6.07, 6.45) is 3.91. The van der Waals surface area contributed by atoms with E-state index in [0.29, 0.717) is 18.8 Å². The topological polar surface area (TPSA) is 53.4 Å². The van der Waals surface area contributed by atoms with Crippen LogP contribution in [0.1, 0.15) is 25.1 Å². The number of hydrogen-bond acceptors (Lipinski definition) is 4. The van der Waals surface area contributed by atoms with Crippen LogP contribution in [0.5, 0.6) is 0 Å². The molecule has 2 aromatic rings. The molecule has 0 amide bonds. The van der Waals surface area contributed by atoms with Gasteiger partial charge >= 0.3 is 5.97 Å². The van der Waals surface area contributed by atoms with Crippen molar-refractivity contribution in [2.24, 2.45) is 0 Å². The number of carbonyl (C=O) groups excluding carboxylic acids is 1. The molecule has 0 atom stereocenters. The molecule has 0 unspecified atom stereocenters. The van der Waals surface area contributed by atoms with Crippen molar-refractivity contribution in [3.05, 3.63) is 41.9 Å². The highest BCUT2D eigenvalue weighted by Gasteiger charge is 2.14. The second-order valence-electron chi connectivity index (χ2n) is 5.41. The van der Waals surface area contributed by atoms with Crippen molar-refractivity contribution < 1.29 is 14.3 Å². The van der Waals surface area contributed by atoms with Crippen molar-refractivity contribution in [1.29, 1.82) is 0 Å². The van der Waals surface area contributed by atoms with E-state index < -0.39 is 0 Å². The van der Waals surface area contributed by atoms with Gasteiger partial charge in [-0.05, 0) is 38.3 Å². The van der Waals surface area contributed by atoms with Crippen molar-refractivity contribution in [2.75, 3.05) is 13.2 Å². The summed E-state index contributed by atoms with van der Waals surface area (Å²) in [6, 6.07) is 8.07. The Kier molecular flexibility index (Phi) is 4.42. The zero-order valence-corrected chi connectivity index (χ0v) is 12.7. The van der Waals surface area contributed by atoms with Gasteiger partial charge in [0.15, 0.2) is 0 Å². The second kappa shape index (κ2) is 6.64. The average Bonchev–Trinajstić information content (AvgIpc) is 2.88. The van der Waals surface area contributed by atoms with E-state index in [2.05, 4.69) is 15.6 Å². The van der Waals surface area contributed by atoms with Crippen LogP contribution in [-0.2, 0) is 20.8 Å². The lowest BCUT2D eigenvalue weighted by atomic mass is 10.1. The van der Waals surface area contributed by atoms with Crippen LogP contribution in [0.15, 0.2) is 36.1 Å². The van der Waals surface area contributed by atoms with Crippen LogP contribution in [0.4, 0.5) is 0 Å². The molecular formula is C17H20N2O3. The summed E-state index contributed by atoms with van der Waals surface area (Å²) in [5.41, 5.74) is 2.76. The molecule has 0 N–H and O–H groups in total. The van der Waals surface area contributed by atoms with E-state index in [0.717, 1.165) is 42.7 Å². The van der Waals surface area contributed by atoms with E-state index in [4.69, 9.17) is 9.47 Å². The molecule has 0 radical (unpaired) electrons. The van der Waals surface area contributed by atoms with Crippen LogP contribution in [0.3, 0.4) is 0 Å². The number of para-hydroxylation sites is 2. The van der Waals surface area contributed by atoms with Crippen LogP contribution in [0.25, 0.3) is 11.0 Å². The lowest BCUT2D eigenvalue weighted by Gasteiger charge is -2.13. The third-order valence-electron chi connectivity index (χ3n) is 3.80. The molecule has 0 saturated heterocycles. The SMILES string of the molecule is Cc1nc2ccccc2n1CCCOC(=O)C1=COCCC1. The van der Waals surface area contributed by atoms with Crippen molar-refractivity contribution in [1.82, 2.24) is 9.55 Å². The number of hydrogen-bond donors (Lipinski definition) is 0. The van der Waals surface area contributed by atoms with Crippen LogP contribution in [0, 0.1) is 6.92 Å². The highest BCUT2D eigenvalue weighted by Crippen LogP contribution is 2.16. The average molecular weight is 300 g/mol. The Morgan fingerprint density at radius 3 is 3.09 bits per heavy atom. The predicted octanol–water partition coefficient (Wildman–Crippen LogP) is 2.97. The minimum Gasteiger partial charge on any atom is -0.501 e. The summed E-state index contributed by atoms with van der Waals surface area (Å²) >= 11 is 0. The number of rotatable bonds is 5. The Morgan fingerprint density at radius 2 is 2.27 bits per heavy atom. The number of aromatic nitrogens is 2. The lowest BCUT2D eigenvalue weighted by Crippen LogP contribution is -2.14. The number of benzene rings is 1. The molecule has 1 aromatic carbocycles. The largest absolute Gasteiger partial charge is 0.501 e. The monoisotopic (exact) mass is 300 g/mol. The third kappa shape index (κ3) is 3.13. The quantitative estimate of drug-likeness (QED) is 0.629. The van der Waals surface area contributed by atoms with Gasteiger partial charge in [0.2, 0.25) is 0 Å². The molecule has 5 nitrogen and oxygen atoms in total. The highest BCUT2D eigenvalue weighted by molar-refractivity contribution is 5.88. The van der Waals surface area contributed by atoms with Crippen molar-refractivity contribution in [2.45, 2.75) is 32.7 Å². The number of ether oxygens (including phenoxy) is 2. The summed E-state index contributed by atoms with van der Waals surface area (Å²) in [4.78, 5) is 16.4. The second-order valence-corrected chi connectivity index (χ2v) is 5.41. The molecule has 0 bridgehead atoms. The zero-order valence-electron chi connectivity index (χ0n) is 12.7. The molecule has 0 aliphatic carbocycles. The fourth-order valence-electron chi connectivity index (χ4n) is 2.67. The molecule has 3 rings (SSSR count). The fraction of sp³-hybridized carbons (Fsp3) is 0.412. The van der Waals surface area contributed by atoms with Crippen LogP contribution in [0.2, 0.25) is 0 Å². The van der Waals surface area contributed by atoms with Gasteiger partial charge in [-0.25, -0.2) is 9.78 Å². The van der Waals surface area contributed by atoms with Crippen LogP contribution >= 0.6 is 0 Å². The molecule has 1 aliphatic rings. The fourth-order valence-corrected chi connectivity index (χ4v) is 2.67. The first-order valence-corrected chi connectivity index (χ1v) is 7.65. The normalized spacial score (nSPS) is 14.5. The maximum absolute atomic E-state index is 11.8. The lowest BCUT2D eigenvalue weighted by molar-refractivity contribution is -0.139. The smallest absolute Gasteiger partial charge is 0.337 e. The van der Waals surface area contributed by atoms with Crippen molar-refractivity contribution in [3.63, 3.8) is 0 Å². The molecular weight excluding hydrogens is 280 g/mol.